The standard InChI is InChI=1S/C19H20N2O4S/c1-14(26-17-9-4-3-5-10-17)19(23)21-20-12-15-7-6-8-16(11-15)25-13-18(22)24-2/h3-12,14H,13H2,1-2H3,(H,21,23)/b20-12-/t14-/m0/s1. The summed E-state index contributed by atoms with van der Waals surface area (Å²) in [5.41, 5.74) is 3.26. The first-order valence-electron chi connectivity index (χ1n) is 7.93. The van der Waals surface area contributed by atoms with Crippen LogP contribution in [0.1, 0.15) is 12.5 Å². The molecule has 2 rings (SSSR count). The van der Waals surface area contributed by atoms with Crippen LogP contribution in [0.5, 0.6) is 5.75 Å². The summed E-state index contributed by atoms with van der Waals surface area (Å²) in [6.07, 6.45) is 1.52. The Balaban J connectivity index is 1.85. The number of carbonyl (C=O) groups is 2. The lowest BCUT2D eigenvalue weighted by atomic mass is 10.2. The quantitative estimate of drug-likeness (QED) is 0.334. The first kappa shape index (κ1) is 19.5. The molecular weight excluding hydrogens is 352 g/mol. The molecule has 0 saturated heterocycles. The summed E-state index contributed by atoms with van der Waals surface area (Å²) in [5.74, 6) is -0.131. The third kappa shape index (κ3) is 6.60. The van der Waals surface area contributed by atoms with Gasteiger partial charge in [-0.15, -0.1) is 11.8 Å². The van der Waals surface area contributed by atoms with Gasteiger partial charge < -0.3 is 9.47 Å². The van der Waals surface area contributed by atoms with Crippen LogP contribution in [-0.2, 0) is 14.3 Å². The number of benzene rings is 2. The van der Waals surface area contributed by atoms with Crippen LogP contribution in [0.15, 0.2) is 64.6 Å². The number of hydrogen-bond donors (Lipinski definition) is 1. The third-order valence-electron chi connectivity index (χ3n) is 3.26. The summed E-state index contributed by atoms with van der Waals surface area (Å²) < 4.78 is 9.82. The van der Waals surface area contributed by atoms with E-state index < -0.39 is 5.97 Å². The molecule has 0 aliphatic carbocycles. The molecule has 0 saturated carbocycles. The highest BCUT2D eigenvalue weighted by atomic mass is 32.2. The maximum Gasteiger partial charge on any atom is 0.343 e. The number of thioether (sulfide) groups is 1. The van der Waals surface area contributed by atoms with Crippen molar-refractivity contribution >= 4 is 29.9 Å². The summed E-state index contributed by atoms with van der Waals surface area (Å²) in [5, 5.41) is 3.70. The fraction of sp³-hybridized carbons (Fsp3) is 0.211. The van der Waals surface area contributed by atoms with Gasteiger partial charge in [0.05, 0.1) is 18.6 Å². The maximum atomic E-state index is 12.1. The molecule has 6 nitrogen and oxygen atoms in total. The highest BCUT2D eigenvalue weighted by Crippen LogP contribution is 2.22. The lowest BCUT2D eigenvalue weighted by Gasteiger charge is -2.09. The van der Waals surface area contributed by atoms with Crippen molar-refractivity contribution < 1.29 is 19.1 Å². The van der Waals surface area contributed by atoms with Crippen molar-refractivity contribution in [2.75, 3.05) is 13.7 Å². The van der Waals surface area contributed by atoms with Crippen LogP contribution >= 0.6 is 11.8 Å². The van der Waals surface area contributed by atoms with Crippen molar-refractivity contribution in [1.82, 2.24) is 5.43 Å². The monoisotopic (exact) mass is 372 g/mol. The SMILES string of the molecule is COC(=O)COc1cccc(/C=N\NC(=O)[C@H](C)Sc2ccccc2)c1. The molecule has 0 bridgehead atoms. The van der Waals surface area contributed by atoms with E-state index in [1.807, 2.05) is 43.3 Å². The number of esters is 1. The van der Waals surface area contributed by atoms with Crippen molar-refractivity contribution in [2.24, 2.45) is 5.10 Å². The highest BCUT2D eigenvalue weighted by molar-refractivity contribution is 8.00. The normalized spacial score (nSPS) is 11.8. The predicted molar refractivity (Wildman–Crippen MR) is 101 cm³/mol. The van der Waals surface area contributed by atoms with Crippen LogP contribution in [0.25, 0.3) is 0 Å². The van der Waals surface area contributed by atoms with Crippen LogP contribution in [0, 0.1) is 0 Å². The molecule has 0 spiro atoms. The minimum atomic E-state index is -0.457. The molecule has 136 valence electrons. The fourth-order valence-corrected chi connectivity index (χ4v) is 2.79. The Kier molecular flexibility index (Phi) is 7.70. The Morgan fingerprint density at radius 2 is 1.96 bits per heavy atom. The minimum Gasteiger partial charge on any atom is -0.482 e. The third-order valence-corrected chi connectivity index (χ3v) is 4.37. The van der Waals surface area contributed by atoms with Gasteiger partial charge in [-0.05, 0) is 36.8 Å². The molecule has 0 fully saturated rings. The average Bonchev–Trinajstić information content (AvgIpc) is 2.67. The predicted octanol–water partition coefficient (Wildman–Crippen LogP) is 2.87. The van der Waals surface area contributed by atoms with Crippen LogP contribution < -0.4 is 10.2 Å². The zero-order valence-electron chi connectivity index (χ0n) is 14.5. The molecule has 7 heteroatoms. The van der Waals surface area contributed by atoms with Gasteiger partial charge in [-0.1, -0.05) is 30.3 Å². The lowest BCUT2D eigenvalue weighted by molar-refractivity contribution is -0.142. The van der Waals surface area contributed by atoms with Gasteiger partial charge in [0, 0.05) is 4.90 Å². The molecule has 1 atom stereocenters. The summed E-state index contributed by atoms with van der Waals surface area (Å²) >= 11 is 1.46. The van der Waals surface area contributed by atoms with E-state index in [-0.39, 0.29) is 17.8 Å². The fourth-order valence-electron chi connectivity index (χ4n) is 1.90. The maximum absolute atomic E-state index is 12.1. The summed E-state index contributed by atoms with van der Waals surface area (Å²) in [4.78, 5) is 24.2. The number of amides is 1. The van der Waals surface area contributed by atoms with Gasteiger partial charge in [0.2, 0.25) is 0 Å². The molecule has 0 radical (unpaired) electrons. The first-order valence-corrected chi connectivity index (χ1v) is 8.81. The first-order chi connectivity index (χ1) is 12.6. The van der Waals surface area contributed by atoms with Gasteiger partial charge in [0.1, 0.15) is 5.75 Å². The Labute approximate surface area is 156 Å². The summed E-state index contributed by atoms with van der Waals surface area (Å²) in [6.45, 7) is 1.66. The van der Waals surface area contributed by atoms with Crippen molar-refractivity contribution in [3.8, 4) is 5.75 Å². The van der Waals surface area contributed by atoms with Crippen LogP contribution in [0.3, 0.4) is 0 Å². The smallest absolute Gasteiger partial charge is 0.343 e. The van der Waals surface area contributed by atoms with Crippen molar-refractivity contribution in [2.45, 2.75) is 17.1 Å². The van der Waals surface area contributed by atoms with Crippen molar-refractivity contribution in [3.05, 3.63) is 60.2 Å². The zero-order chi connectivity index (χ0) is 18.8. The van der Waals surface area contributed by atoms with Crippen LogP contribution in [0.2, 0.25) is 0 Å². The average molecular weight is 372 g/mol. The van der Waals surface area contributed by atoms with E-state index in [4.69, 9.17) is 4.74 Å². The van der Waals surface area contributed by atoms with Crippen LogP contribution in [0.4, 0.5) is 0 Å². The van der Waals surface area contributed by atoms with Gasteiger partial charge in [0.25, 0.3) is 5.91 Å². The zero-order valence-corrected chi connectivity index (χ0v) is 15.4. The second kappa shape index (κ2) is 10.2. The van der Waals surface area contributed by atoms with Crippen LogP contribution in [-0.4, -0.2) is 37.1 Å². The number of carbonyl (C=O) groups excluding carboxylic acids is 2. The summed E-state index contributed by atoms with van der Waals surface area (Å²) in [6, 6.07) is 16.7. The molecule has 0 aliphatic rings. The number of hydrazone groups is 1. The molecule has 0 heterocycles. The number of nitrogens with zero attached hydrogens (tertiary/aromatic N) is 1. The number of hydrogen-bond acceptors (Lipinski definition) is 6. The molecule has 0 aromatic heterocycles. The highest BCUT2D eigenvalue weighted by Gasteiger charge is 2.13. The topological polar surface area (TPSA) is 77.0 Å². The van der Waals surface area contributed by atoms with E-state index >= 15 is 0 Å². The van der Waals surface area contributed by atoms with E-state index in [0.29, 0.717) is 5.75 Å². The van der Waals surface area contributed by atoms with E-state index in [1.54, 1.807) is 18.2 Å². The second-order valence-corrected chi connectivity index (χ2v) is 6.66. The number of rotatable bonds is 8. The minimum absolute atomic E-state index is 0.165. The van der Waals surface area contributed by atoms with Gasteiger partial charge in [-0.25, -0.2) is 10.2 Å². The second-order valence-electron chi connectivity index (χ2n) is 5.24. The lowest BCUT2D eigenvalue weighted by Crippen LogP contribution is -2.26. The number of nitrogens with one attached hydrogen (secondary N) is 1. The van der Waals surface area contributed by atoms with E-state index in [9.17, 15) is 9.59 Å². The Morgan fingerprint density at radius 1 is 1.19 bits per heavy atom. The largest absolute Gasteiger partial charge is 0.482 e. The van der Waals surface area contributed by atoms with Crippen molar-refractivity contribution in [3.63, 3.8) is 0 Å². The van der Waals surface area contributed by atoms with E-state index in [2.05, 4.69) is 15.3 Å². The van der Waals surface area contributed by atoms with Gasteiger partial charge >= 0.3 is 5.97 Å². The molecule has 0 unspecified atom stereocenters. The Morgan fingerprint density at radius 3 is 2.69 bits per heavy atom. The van der Waals surface area contributed by atoms with Crippen molar-refractivity contribution in [1.29, 1.82) is 0 Å². The summed E-state index contributed by atoms with van der Waals surface area (Å²) in [7, 11) is 1.30. The molecule has 0 aliphatic heterocycles. The Bertz CT molecular complexity index is 765. The van der Waals surface area contributed by atoms with Gasteiger partial charge in [-0.3, -0.25) is 4.79 Å². The molecular formula is C19H20N2O4S. The van der Waals surface area contributed by atoms with Gasteiger partial charge in [-0.2, -0.15) is 5.10 Å². The van der Waals surface area contributed by atoms with E-state index in [0.717, 1.165) is 10.5 Å². The molecule has 2 aromatic carbocycles. The molecule has 26 heavy (non-hydrogen) atoms. The molecule has 2 aromatic rings. The molecule has 1 amide bonds. The Hall–Kier alpha value is -2.80. The number of methoxy groups -OCH3 is 1. The number of ether oxygens (including phenoxy) is 2. The van der Waals surface area contributed by atoms with E-state index in [1.165, 1.54) is 25.1 Å². The van der Waals surface area contributed by atoms with Gasteiger partial charge in [0.15, 0.2) is 6.61 Å². The molecule has 1 N–H and O–H groups in total.